The van der Waals surface area contributed by atoms with Gasteiger partial charge in [0.1, 0.15) is 0 Å². The highest BCUT2D eigenvalue weighted by atomic mass is 127. The molecule has 0 aliphatic rings. The monoisotopic (exact) mass is 296 g/mol. The molecule has 1 heteroatoms. The fourth-order valence-electron chi connectivity index (χ4n) is 1.32. The van der Waals surface area contributed by atoms with Gasteiger partial charge in [0, 0.05) is 0 Å². The molecule has 0 aromatic heterocycles. The normalized spacial score (nSPS) is 12.5. The Morgan fingerprint density at radius 3 is 2.00 bits per heavy atom. The van der Waals surface area contributed by atoms with E-state index in [1.165, 1.54) is 36.5 Å². The molecule has 0 aliphatic heterocycles. The number of unbranched alkanes of at least 4 members (excludes halogenated alkanes) is 3. The van der Waals surface area contributed by atoms with Gasteiger partial charge in [0.05, 0.1) is 0 Å². The lowest BCUT2D eigenvalue weighted by atomic mass is 9.77. The van der Waals surface area contributed by atoms with Crippen LogP contribution in [0, 0.1) is 11.3 Å². The lowest BCUT2D eigenvalue weighted by Crippen LogP contribution is -2.18. The quantitative estimate of drug-likeness (QED) is 0.350. The van der Waals surface area contributed by atoms with Crippen LogP contribution in [0.15, 0.2) is 0 Å². The van der Waals surface area contributed by atoms with E-state index >= 15 is 0 Å². The average molecular weight is 296 g/mol. The van der Waals surface area contributed by atoms with E-state index in [2.05, 4.69) is 50.3 Å². The molecule has 0 spiro atoms. The Morgan fingerprint density at radius 2 is 1.54 bits per heavy atom. The van der Waals surface area contributed by atoms with Crippen LogP contribution in [0.4, 0.5) is 0 Å². The molecule has 0 aromatic rings. The summed E-state index contributed by atoms with van der Waals surface area (Å²) >= 11 is 2.47. The molecule has 0 aliphatic carbocycles. The van der Waals surface area contributed by atoms with Crippen LogP contribution in [0.5, 0.6) is 0 Å². The molecule has 0 aromatic carbocycles. The second kappa shape index (κ2) is 7.08. The second-order valence-corrected chi connectivity index (χ2v) is 6.08. The first-order chi connectivity index (χ1) is 6.00. The third kappa shape index (κ3) is 6.75. The van der Waals surface area contributed by atoms with Crippen LogP contribution in [-0.4, -0.2) is 4.43 Å². The molecule has 0 saturated heterocycles. The first-order valence-electron chi connectivity index (χ1n) is 5.56. The Morgan fingerprint density at radius 1 is 1.00 bits per heavy atom. The van der Waals surface area contributed by atoms with Crippen molar-refractivity contribution in [2.45, 2.75) is 59.8 Å². The van der Waals surface area contributed by atoms with Crippen molar-refractivity contribution in [3.63, 3.8) is 0 Å². The Bertz CT molecular complexity index is 116. The smallest absolute Gasteiger partial charge is 0.000473 e. The van der Waals surface area contributed by atoms with Crippen molar-refractivity contribution in [2.24, 2.45) is 11.3 Å². The van der Waals surface area contributed by atoms with Crippen molar-refractivity contribution in [3.05, 3.63) is 0 Å². The van der Waals surface area contributed by atoms with Gasteiger partial charge >= 0.3 is 0 Å². The van der Waals surface area contributed by atoms with Crippen LogP contribution in [0.25, 0.3) is 0 Å². The molecule has 0 nitrogen and oxygen atoms in total. The Kier molecular flexibility index (Phi) is 7.48. The third-order valence-corrected chi connectivity index (χ3v) is 4.03. The molecule has 13 heavy (non-hydrogen) atoms. The zero-order valence-corrected chi connectivity index (χ0v) is 11.9. The molecular weight excluding hydrogens is 271 g/mol. The van der Waals surface area contributed by atoms with E-state index in [0.29, 0.717) is 5.41 Å². The van der Waals surface area contributed by atoms with Gasteiger partial charge in [-0.2, -0.15) is 0 Å². The van der Waals surface area contributed by atoms with Crippen molar-refractivity contribution < 1.29 is 0 Å². The third-order valence-electron chi connectivity index (χ3n) is 3.27. The number of halogens is 1. The number of rotatable bonds is 7. The lowest BCUT2D eigenvalue weighted by molar-refractivity contribution is 0.221. The predicted octanol–water partition coefficient (Wildman–Crippen LogP) is 5.05. The SMILES string of the molecule is CC(C)C(C)(C)CCCCCCI. The fraction of sp³-hybridized carbons (Fsp3) is 1.00. The molecule has 0 heterocycles. The standard InChI is InChI=1S/C12H25I/c1-11(2)12(3,4)9-7-5-6-8-10-13/h11H,5-10H2,1-4H3. The lowest BCUT2D eigenvalue weighted by Gasteiger charge is -2.29. The summed E-state index contributed by atoms with van der Waals surface area (Å²) in [7, 11) is 0. The molecule has 0 radical (unpaired) electrons. The van der Waals surface area contributed by atoms with Crippen LogP contribution in [0.1, 0.15) is 59.8 Å². The van der Waals surface area contributed by atoms with E-state index in [4.69, 9.17) is 0 Å². The maximum Gasteiger partial charge on any atom is -0.000473 e. The van der Waals surface area contributed by atoms with Crippen molar-refractivity contribution >= 4 is 22.6 Å². The molecule has 0 rings (SSSR count). The van der Waals surface area contributed by atoms with Crippen LogP contribution < -0.4 is 0 Å². The summed E-state index contributed by atoms with van der Waals surface area (Å²) in [4.78, 5) is 0. The molecule has 0 fully saturated rings. The van der Waals surface area contributed by atoms with Gasteiger partial charge in [0.15, 0.2) is 0 Å². The molecule has 0 atom stereocenters. The van der Waals surface area contributed by atoms with E-state index in [-0.39, 0.29) is 0 Å². The van der Waals surface area contributed by atoms with E-state index in [0.717, 1.165) is 5.92 Å². The highest BCUT2D eigenvalue weighted by Gasteiger charge is 2.20. The van der Waals surface area contributed by atoms with Crippen molar-refractivity contribution in [1.82, 2.24) is 0 Å². The van der Waals surface area contributed by atoms with Crippen LogP contribution in [-0.2, 0) is 0 Å². The average Bonchev–Trinajstić information content (AvgIpc) is 2.03. The number of alkyl halides is 1. The maximum absolute atomic E-state index is 2.47. The van der Waals surface area contributed by atoms with Gasteiger partial charge in [-0.25, -0.2) is 0 Å². The molecule has 0 bridgehead atoms. The van der Waals surface area contributed by atoms with Crippen LogP contribution in [0.3, 0.4) is 0 Å². The zero-order chi connectivity index (χ0) is 10.3. The Balaban J connectivity index is 3.41. The minimum Gasteiger partial charge on any atom is -0.0864 e. The summed E-state index contributed by atoms with van der Waals surface area (Å²) in [5, 5.41) is 0. The zero-order valence-electron chi connectivity index (χ0n) is 9.70. The number of hydrogen-bond acceptors (Lipinski definition) is 0. The highest BCUT2D eigenvalue weighted by Crippen LogP contribution is 2.32. The largest absolute Gasteiger partial charge is 0.0864 e. The van der Waals surface area contributed by atoms with Crippen LogP contribution >= 0.6 is 22.6 Å². The maximum atomic E-state index is 2.47. The van der Waals surface area contributed by atoms with Crippen molar-refractivity contribution in [2.75, 3.05) is 4.43 Å². The molecule has 80 valence electrons. The first kappa shape index (κ1) is 13.7. The molecule has 0 amide bonds. The van der Waals surface area contributed by atoms with Crippen molar-refractivity contribution in [1.29, 1.82) is 0 Å². The van der Waals surface area contributed by atoms with E-state index < -0.39 is 0 Å². The molecule has 0 N–H and O–H groups in total. The minimum atomic E-state index is 0.546. The second-order valence-electron chi connectivity index (χ2n) is 5.00. The Labute approximate surface area is 98.0 Å². The van der Waals surface area contributed by atoms with Gasteiger partial charge in [-0.05, 0) is 28.6 Å². The topological polar surface area (TPSA) is 0 Å². The highest BCUT2D eigenvalue weighted by molar-refractivity contribution is 14.1. The minimum absolute atomic E-state index is 0.546. The number of hydrogen-bond donors (Lipinski definition) is 0. The van der Waals surface area contributed by atoms with Gasteiger partial charge < -0.3 is 0 Å². The van der Waals surface area contributed by atoms with E-state index in [1.807, 2.05) is 0 Å². The first-order valence-corrected chi connectivity index (χ1v) is 7.09. The predicted molar refractivity (Wildman–Crippen MR) is 70.6 cm³/mol. The molecular formula is C12H25I. The van der Waals surface area contributed by atoms with Gasteiger partial charge in [-0.15, -0.1) is 0 Å². The summed E-state index contributed by atoms with van der Waals surface area (Å²) in [6.07, 6.45) is 7.08. The van der Waals surface area contributed by atoms with Crippen molar-refractivity contribution in [3.8, 4) is 0 Å². The van der Waals surface area contributed by atoms with E-state index in [9.17, 15) is 0 Å². The van der Waals surface area contributed by atoms with Gasteiger partial charge in [-0.1, -0.05) is 69.5 Å². The summed E-state index contributed by atoms with van der Waals surface area (Å²) in [6.45, 7) is 9.47. The summed E-state index contributed by atoms with van der Waals surface area (Å²) in [5.74, 6) is 0.817. The van der Waals surface area contributed by atoms with Gasteiger partial charge in [0.2, 0.25) is 0 Å². The van der Waals surface area contributed by atoms with Gasteiger partial charge in [-0.3, -0.25) is 0 Å². The summed E-state index contributed by atoms with van der Waals surface area (Å²) in [6, 6.07) is 0. The fourth-order valence-corrected chi connectivity index (χ4v) is 1.86. The molecule has 0 saturated carbocycles. The van der Waals surface area contributed by atoms with E-state index in [1.54, 1.807) is 0 Å². The molecule has 0 unspecified atom stereocenters. The summed E-state index contributed by atoms with van der Waals surface area (Å²) in [5.41, 5.74) is 0.546. The Hall–Kier alpha value is 0.730. The summed E-state index contributed by atoms with van der Waals surface area (Å²) < 4.78 is 1.32. The van der Waals surface area contributed by atoms with Crippen LogP contribution in [0.2, 0.25) is 0 Å². The van der Waals surface area contributed by atoms with Gasteiger partial charge in [0.25, 0.3) is 0 Å².